The molecule has 184 valence electrons. The maximum absolute atomic E-state index is 12.6. The maximum Gasteiger partial charge on any atom is 0.408 e. The number of aryl methyl sites for hydroxylation is 1. The summed E-state index contributed by atoms with van der Waals surface area (Å²) in [5.41, 5.74) is 6.79. The molecule has 2 aliphatic rings. The summed E-state index contributed by atoms with van der Waals surface area (Å²) in [4.78, 5) is 23.7. The van der Waals surface area contributed by atoms with Gasteiger partial charge in [0.25, 0.3) is 5.91 Å². The molecule has 0 spiro atoms. The lowest BCUT2D eigenvalue weighted by molar-refractivity contribution is -0.172. The molecule has 5 rings (SSSR count). The Balaban J connectivity index is 0.000000167. The number of hydrogen-bond acceptors (Lipinski definition) is 4. The van der Waals surface area contributed by atoms with Crippen LogP contribution in [0.15, 0.2) is 59.5 Å². The zero-order chi connectivity index (χ0) is 25.3. The van der Waals surface area contributed by atoms with Crippen LogP contribution in [0.25, 0.3) is 0 Å². The van der Waals surface area contributed by atoms with E-state index in [1.165, 1.54) is 28.5 Å². The largest absolute Gasteiger partial charge is 0.502 e. The van der Waals surface area contributed by atoms with Crippen molar-refractivity contribution in [1.29, 1.82) is 0 Å². The predicted octanol–water partition coefficient (Wildman–Crippen LogP) is 4.49. The predicted molar refractivity (Wildman–Crippen MR) is 126 cm³/mol. The Kier molecular flexibility index (Phi) is 6.80. The van der Waals surface area contributed by atoms with E-state index >= 15 is 0 Å². The summed E-state index contributed by atoms with van der Waals surface area (Å²) in [5, 5.41) is 10.4. The van der Waals surface area contributed by atoms with E-state index in [9.17, 15) is 27.9 Å². The van der Waals surface area contributed by atoms with Gasteiger partial charge in [-0.1, -0.05) is 48.0 Å². The number of halogens is 4. The molecule has 1 aromatic heterocycles. The van der Waals surface area contributed by atoms with E-state index < -0.39 is 35.0 Å². The molecule has 10 heteroatoms. The number of carbonyl (C=O) groups excluding carboxylic acids is 1. The first kappa shape index (κ1) is 24.7. The van der Waals surface area contributed by atoms with Crippen LogP contribution < -0.4 is 10.9 Å². The van der Waals surface area contributed by atoms with Gasteiger partial charge >= 0.3 is 6.18 Å². The van der Waals surface area contributed by atoms with Gasteiger partial charge in [-0.15, -0.1) is 0 Å². The molecule has 1 aliphatic heterocycles. The average Bonchev–Trinajstić information content (AvgIpc) is 3.01. The van der Waals surface area contributed by atoms with E-state index in [1.54, 1.807) is 0 Å². The van der Waals surface area contributed by atoms with Crippen LogP contribution in [-0.2, 0) is 19.3 Å². The molecule has 3 aromatic rings. The van der Waals surface area contributed by atoms with Crippen molar-refractivity contribution in [3.05, 3.63) is 97.9 Å². The number of carbonyl (C=O) groups is 1. The SMILES string of the molecule is C[C@@H](N1CNn2ccc(=O)c(O)c2C1=O)C(F)(F)F.Clc1cccc2c1CCc1ccccc1C2. The summed E-state index contributed by atoms with van der Waals surface area (Å²) in [7, 11) is 0. The number of pyridine rings is 1. The van der Waals surface area contributed by atoms with Gasteiger partial charge in [-0.2, -0.15) is 13.2 Å². The third kappa shape index (κ3) is 5.00. The van der Waals surface area contributed by atoms with Crippen LogP contribution in [-0.4, -0.2) is 39.5 Å². The molecule has 1 aliphatic carbocycles. The first-order valence-electron chi connectivity index (χ1n) is 11.0. The third-order valence-electron chi connectivity index (χ3n) is 6.25. The fraction of sp³-hybridized carbons (Fsp3) is 0.280. The highest BCUT2D eigenvalue weighted by Crippen LogP contribution is 2.29. The third-order valence-corrected chi connectivity index (χ3v) is 6.60. The standard InChI is InChI=1S/C15H13Cl.C10H10F3N3O3/c16-15-7-3-6-13-10-12-5-2-1-4-11(12)8-9-14(13)15;1-5(10(11,12)13)15-4-14-16-3-2-6(17)8(18)7(16)9(15)19/h1-7H,8-10H2;2-3,5,14,18H,4H2,1H3/t;5-/m.1/s1. The van der Waals surface area contributed by atoms with Crippen LogP contribution in [0.2, 0.25) is 5.02 Å². The molecule has 0 saturated heterocycles. The van der Waals surface area contributed by atoms with Gasteiger partial charge in [-0.3, -0.25) is 14.3 Å². The van der Waals surface area contributed by atoms with E-state index in [-0.39, 0.29) is 6.67 Å². The van der Waals surface area contributed by atoms with Crippen LogP contribution in [0.4, 0.5) is 13.2 Å². The molecule has 0 unspecified atom stereocenters. The van der Waals surface area contributed by atoms with E-state index in [0.717, 1.165) is 42.0 Å². The Labute approximate surface area is 204 Å². The molecule has 0 saturated carbocycles. The fourth-order valence-electron chi connectivity index (χ4n) is 4.20. The van der Waals surface area contributed by atoms with E-state index in [1.807, 2.05) is 6.07 Å². The highest BCUT2D eigenvalue weighted by atomic mass is 35.5. The lowest BCUT2D eigenvalue weighted by Gasteiger charge is -2.35. The van der Waals surface area contributed by atoms with Gasteiger partial charge in [0.05, 0.1) is 0 Å². The Hall–Kier alpha value is -3.46. The second kappa shape index (κ2) is 9.65. The molecule has 6 nitrogen and oxygen atoms in total. The van der Waals surface area contributed by atoms with E-state index in [4.69, 9.17) is 11.6 Å². The minimum atomic E-state index is -4.59. The Morgan fingerprint density at radius 2 is 1.69 bits per heavy atom. The number of aromatic nitrogens is 1. The van der Waals surface area contributed by atoms with Crippen LogP contribution >= 0.6 is 11.6 Å². The molecule has 2 aromatic carbocycles. The highest BCUT2D eigenvalue weighted by molar-refractivity contribution is 6.31. The fourth-order valence-corrected chi connectivity index (χ4v) is 4.49. The van der Waals surface area contributed by atoms with Gasteiger partial charge in [0, 0.05) is 17.3 Å². The van der Waals surface area contributed by atoms with Crippen LogP contribution in [0, 0.1) is 0 Å². The van der Waals surface area contributed by atoms with Gasteiger partial charge in [-0.05, 0) is 54.5 Å². The first-order chi connectivity index (χ1) is 16.6. The zero-order valence-corrected chi connectivity index (χ0v) is 19.5. The van der Waals surface area contributed by atoms with Crippen molar-refractivity contribution in [2.45, 2.75) is 38.4 Å². The minimum absolute atomic E-state index is 0.380. The number of aromatic hydroxyl groups is 1. The van der Waals surface area contributed by atoms with Crippen molar-refractivity contribution in [2.75, 3.05) is 12.1 Å². The lowest BCUT2D eigenvalue weighted by atomic mass is 10.0. The minimum Gasteiger partial charge on any atom is -0.502 e. The van der Waals surface area contributed by atoms with Crippen molar-refractivity contribution < 1.29 is 23.1 Å². The van der Waals surface area contributed by atoms with Gasteiger partial charge in [-0.25, -0.2) is 0 Å². The maximum atomic E-state index is 12.6. The summed E-state index contributed by atoms with van der Waals surface area (Å²) in [6, 6.07) is 13.9. The Morgan fingerprint density at radius 1 is 1.00 bits per heavy atom. The van der Waals surface area contributed by atoms with Crippen molar-refractivity contribution in [3.63, 3.8) is 0 Å². The second-order valence-corrected chi connectivity index (χ2v) is 8.79. The number of alkyl halides is 3. The average molecular weight is 506 g/mol. The number of amides is 1. The Bertz CT molecular complexity index is 1320. The first-order valence-corrected chi connectivity index (χ1v) is 11.3. The normalized spacial score (nSPS) is 15.5. The summed E-state index contributed by atoms with van der Waals surface area (Å²) >= 11 is 6.26. The topological polar surface area (TPSA) is 74.6 Å². The van der Waals surface area contributed by atoms with Crippen molar-refractivity contribution in [2.24, 2.45) is 0 Å². The van der Waals surface area contributed by atoms with Crippen molar-refractivity contribution >= 4 is 17.5 Å². The summed E-state index contributed by atoms with van der Waals surface area (Å²) in [6.45, 7) is 0.447. The lowest BCUT2D eigenvalue weighted by Crippen LogP contribution is -2.54. The summed E-state index contributed by atoms with van der Waals surface area (Å²) in [6.07, 6.45) is -0.236. The number of nitrogens with one attached hydrogen (secondary N) is 1. The van der Waals surface area contributed by atoms with E-state index in [0.29, 0.717) is 4.90 Å². The van der Waals surface area contributed by atoms with Crippen LogP contribution in [0.3, 0.4) is 0 Å². The number of nitrogens with zero attached hydrogens (tertiary/aromatic N) is 2. The molecule has 0 radical (unpaired) electrons. The summed E-state index contributed by atoms with van der Waals surface area (Å²) in [5.74, 6) is -1.93. The number of hydrogen-bond donors (Lipinski definition) is 2. The van der Waals surface area contributed by atoms with Crippen LogP contribution in [0.1, 0.15) is 39.7 Å². The monoisotopic (exact) mass is 505 g/mol. The molecule has 0 bridgehead atoms. The highest BCUT2D eigenvalue weighted by Gasteiger charge is 2.44. The molecule has 1 atom stereocenters. The van der Waals surface area contributed by atoms with Crippen molar-refractivity contribution in [3.8, 4) is 5.75 Å². The molecular formula is C25H23ClF3N3O3. The van der Waals surface area contributed by atoms with Crippen LogP contribution in [0.5, 0.6) is 5.75 Å². The second-order valence-electron chi connectivity index (χ2n) is 8.38. The summed E-state index contributed by atoms with van der Waals surface area (Å²) < 4.78 is 38.9. The quantitative estimate of drug-likeness (QED) is 0.511. The van der Waals surface area contributed by atoms with Gasteiger partial charge in [0.15, 0.2) is 11.4 Å². The molecule has 2 heterocycles. The van der Waals surface area contributed by atoms with Gasteiger partial charge in [0.2, 0.25) is 5.43 Å². The number of benzene rings is 2. The van der Waals surface area contributed by atoms with E-state index in [2.05, 4.69) is 41.8 Å². The van der Waals surface area contributed by atoms with Gasteiger partial charge < -0.3 is 15.4 Å². The Morgan fingerprint density at radius 3 is 2.40 bits per heavy atom. The zero-order valence-electron chi connectivity index (χ0n) is 18.8. The molecule has 0 fully saturated rings. The number of rotatable bonds is 1. The molecule has 35 heavy (non-hydrogen) atoms. The van der Waals surface area contributed by atoms with Gasteiger partial charge in [0.1, 0.15) is 12.7 Å². The number of fused-ring (bicyclic) bond motifs is 3. The smallest absolute Gasteiger partial charge is 0.408 e. The molecular weight excluding hydrogens is 483 g/mol. The van der Waals surface area contributed by atoms with Crippen molar-refractivity contribution in [1.82, 2.24) is 9.58 Å². The molecule has 2 N–H and O–H groups in total. The molecule has 1 amide bonds.